The molecule has 0 aromatic rings. The highest BCUT2D eigenvalue weighted by molar-refractivity contribution is 4.72. The third-order valence-electron chi connectivity index (χ3n) is 2.47. The number of hydrogen-bond acceptors (Lipinski definition) is 1. The average Bonchev–Trinajstić information content (AvgIpc) is 2.00. The standard InChI is InChI=1S/C11H24O/c1-5-7-8-11(3,4)9-10(12)6-2/h10,12H,5-9H2,1-4H3. The van der Waals surface area contributed by atoms with E-state index in [4.69, 9.17) is 0 Å². The molecule has 0 fully saturated rings. The van der Waals surface area contributed by atoms with Crippen LogP contribution in [-0.2, 0) is 0 Å². The van der Waals surface area contributed by atoms with Crippen LogP contribution in [0.5, 0.6) is 0 Å². The molecule has 0 rings (SSSR count). The quantitative estimate of drug-likeness (QED) is 0.651. The van der Waals surface area contributed by atoms with Gasteiger partial charge in [-0.25, -0.2) is 0 Å². The molecule has 0 saturated carbocycles. The van der Waals surface area contributed by atoms with Gasteiger partial charge >= 0.3 is 0 Å². The van der Waals surface area contributed by atoms with Crippen molar-refractivity contribution < 1.29 is 5.11 Å². The zero-order valence-corrected chi connectivity index (χ0v) is 9.06. The fourth-order valence-corrected chi connectivity index (χ4v) is 1.54. The summed E-state index contributed by atoms with van der Waals surface area (Å²) in [6.07, 6.45) is 5.51. The Labute approximate surface area is 77.2 Å². The van der Waals surface area contributed by atoms with Crippen molar-refractivity contribution in [1.29, 1.82) is 0 Å². The number of aliphatic hydroxyl groups excluding tert-OH is 1. The molecule has 1 N–H and O–H groups in total. The van der Waals surface area contributed by atoms with Crippen LogP contribution < -0.4 is 0 Å². The highest BCUT2D eigenvalue weighted by Gasteiger charge is 2.20. The van der Waals surface area contributed by atoms with Gasteiger partial charge in [0.15, 0.2) is 0 Å². The Morgan fingerprint density at radius 2 is 1.83 bits per heavy atom. The van der Waals surface area contributed by atoms with Crippen LogP contribution in [-0.4, -0.2) is 11.2 Å². The minimum atomic E-state index is -0.100. The molecule has 0 radical (unpaired) electrons. The van der Waals surface area contributed by atoms with Crippen molar-refractivity contribution in [2.45, 2.75) is 65.9 Å². The van der Waals surface area contributed by atoms with Gasteiger partial charge in [-0.3, -0.25) is 0 Å². The summed E-state index contributed by atoms with van der Waals surface area (Å²) in [4.78, 5) is 0. The van der Waals surface area contributed by atoms with Gasteiger partial charge < -0.3 is 5.11 Å². The molecule has 0 bridgehead atoms. The van der Waals surface area contributed by atoms with Gasteiger partial charge in [0.25, 0.3) is 0 Å². The summed E-state index contributed by atoms with van der Waals surface area (Å²) < 4.78 is 0. The molecule has 0 aliphatic rings. The van der Waals surface area contributed by atoms with Crippen molar-refractivity contribution in [3.05, 3.63) is 0 Å². The first-order valence-electron chi connectivity index (χ1n) is 5.20. The highest BCUT2D eigenvalue weighted by Crippen LogP contribution is 2.29. The molecule has 1 heteroatoms. The molecule has 12 heavy (non-hydrogen) atoms. The SMILES string of the molecule is CCCCC(C)(C)CC(O)CC. The van der Waals surface area contributed by atoms with Crippen LogP contribution in [0.2, 0.25) is 0 Å². The maximum absolute atomic E-state index is 9.49. The van der Waals surface area contributed by atoms with Crippen LogP contribution >= 0.6 is 0 Å². The topological polar surface area (TPSA) is 20.2 Å². The van der Waals surface area contributed by atoms with E-state index in [0.717, 1.165) is 12.8 Å². The summed E-state index contributed by atoms with van der Waals surface area (Å²) in [6.45, 7) is 8.76. The molecule has 74 valence electrons. The largest absolute Gasteiger partial charge is 0.393 e. The average molecular weight is 172 g/mol. The van der Waals surface area contributed by atoms with Crippen molar-refractivity contribution in [2.24, 2.45) is 5.41 Å². The molecule has 1 unspecified atom stereocenters. The molecule has 1 atom stereocenters. The summed E-state index contributed by atoms with van der Waals surface area (Å²) >= 11 is 0. The van der Waals surface area contributed by atoms with E-state index >= 15 is 0 Å². The number of aliphatic hydroxyl groups is 1. The lowest BCUT2D eigenvalue weighted by Gasteiger charge is -2.26. The highest BCUT2D eigenvalue weighted by atomic mass is 16.3. The van der Waals surface area contributed by atoms with E-state index in [9.17, 15) is 5.11 Å². The van der Waals surface area contributed by atoms with E-state index < -0.39 is 0 Å². The molecule has 0 aromatic carbocycles. The Hall–Kier alpha value is -0.0400. The van der Waals surface area contributed by atoms with Crippen molar-refractivity contribution in [1.82, 2.24) is 0 Å². The lowest BCUT2D eigenvalue weighted by Crippen LogP contribution is -2.19. The van der Waals surface area contributed by atoms with E-state index in [1.165, 1.54) is 19.3 Å². The lowest BCUT2D eigenvalue weighted by atomic mass is 9.81. The predicted octanol–water partition coefficient (Wildman–Crippen LogP) is 3.36. The Kier molecular flexibility index (Phi) is 5.56. The molecule has 0 aliphatic heterocycles. The van der Waals surface area contributed by atoms with Crippen molar-refractivity contribution >= 4 is 0 Å². The van der Waals surface area contributed by atoms with E-state index in [1.807, 2.05) is 6.92 Å². The molecule has 1 nitrogen and oxygen atoms in total. The van der Waals surface area contributed by atoms with Gasteiger partial charge in [-0.05, 0) is 24.7 Å². The van der Waals surface area contributed by atoms with Crippen LogP contribution in [0.1, 0.15) is 59.8 Å². The van der Waals surface area contributed by atoms with Gasteiger partial charge in [-0.15, -0.1) is 0 Å². The smallest absolute Gasteiger partial charge is 0.0542 e. The summed E-state index contributed by atoms with van der Waals surface area (Å²) in [7, 11) is 0. The minimum absolute atomic E-state index is 0.100. The lowest BCUT2D eigenvalue weighted by molar-refractivity contribution is 0.105. The second-order valence-electron chi connectivity index (χ2n) is 4.53. The summed E-state index contributed by atoms with van der Waals surface area (Å²) in [6, 6.07) is 0. The number of hydrogen-bond donors (Lipinski definition) is 1. The second kappa shape index (κ2) is 5.58. The van der Waals surface area contributed by atoms with E-state index in [0.29, 0.717) is 5.41 Å². The third-order valence-corrected chi connectivity index (χ3v) is 2.47. The summed E-state index contributed by atoms with van der Waals surface area (Å²) in [5.41, 5.74) is 0.325. The van der Waals surface area contributed by atoms with Gasteiger partial charge in [0.2, 0.25) is 0 Å². The normalized spacial score (nSPS) is 14.8. The van der Waals surface area contributed by atoms with Crippen LogP contribution in [0.15, 0.2) is 0 Å². The second-order valence-corrected chi connectivity index (χ2v) is 4.53. The molecule has 0 amide bonds. The monoisotopic (exact) mass is 172 g/mol. The summed E-state index contributed by atoms with van der Waals surface area (Å²) in [5.74, 6) is 0. The molecule has 0 saturated heterocycles. The molecular formula is C11H24O. The Balaban J connectivity index is 3.69. The Morgan fingerprint density at radius 3 is 2.25 bits per heavy atom. The van der Waals surface area contributed by atoms with Crippen LogP contribution in [0.3, 0.4) is 0 Å². The van der Waals surface area contributed by atoms with Gasteiger partial charge in [0, 0.05) is 0 Å². The molecule has 0 aliphatic carbocycles. The fourth-order valence-electron chi connectivity index (χ4n) is 1.54. The van der Waals surface area contributed by atoms with Gasteiger partial charge in [-0.2, -0.15) is 0 Å². The Bertz CT molecular complexity index is 108. The molecule has 0 spiro atoms. The van der Waals surface area contributed by atoms with Crippen LogP contribution in [0, 0.1) is 5.41 Å². The zero-order valence-electron chi connectivity index (χ0n) is 9.06. The number of rotatable bonds is 6. The molecule has 0 heterocycles. The zero-order chi connectivity index (χ0) is 9.61. The summed E-state index contributed by atoms with van der Waals surface area (Å²) in [5, 5.41) is 9.49. The van der Waals surface area contributed by atoms with E-state index in [1.54, 1.807) is 0 Å². The maximum Gasteiger partial charge on any atom is 0.0542 e. The minimum Gasteiger partial charge on any atom is -0.393 e. The van der Waals surface area contributed by atoms with Crippen LogP contribution in [0.25, 0.3) is 0 Å². The van der Waals surface area contributed by atoms with Gasteiger partial charge in [0.1, 0.15) is 0 Å². The van der Waals surface area contributed by atoms with Crippen molar-refractivity contribution in [3.8, 4) is 0 Å². The molecule has 0 aromatic heterocycles. The van der Waals surface area contributed by atoms with Gasteiger partial charge in [-0.1, -0.05) is 40.5 Å². The maximum atomic E-state index is 9.49. The number of unbranched alkanes of at least 4 members (excludes halogenated alkanes) is 1. The van der Waals surface area contributed by atoms with Crippen molar-refractivity contribution in [3.63, 3.8) is 0 Å². The van der Waals surface area contributed by atoms with Crippen LogP contribution in [0.4, 0.5) is 0 Å². The van der Waals surface area contributed by atoms with E-state index in [-0.39, 0.29) is 6.10 Å². The van der Waals surface area contributed by atoms with Gasteiger partial charge in [0.05, 0.1) is 6.10 Å². The molecular weight excluding hydrogens is 148 g/mol. The first kappa shape index (κ1) is 12.0. The van der Waals surface area contributed by atoms with Crippen molar-refractivity contribution in [2.75, 3.05) is 0 Å². The fraction of sp³-hybridized carbons (Fsp3) is 1.00. The first-order valence-corrected chi connectivity index (χ1v) is 5.20. The first-order chi connectivity index (χ1) is 5.52. The van der Waals surface area contributed by atoms with E-state index in [2.05, 4.69) is 20.8 Å². The predicted molar refractivity (Wildman–Crippen MR) is 54.2 cm³/mol. The third kappa shape index (κ3) is 5.59. The Morgan fingerprint density at radius 1 is 1.25 bits per heavy atom.